The zero-order valence-electron chi connectivity index (χ0n) is 63.1. The third-order valence-electron chi connectivity index (χ3n) is 23.4. The Morgan fingerprint density at radius 1 is 0.330 bits per heavy atom. The molecule has 576 valence electrons. The number of nitrogens with zero attached hydrogens (tertiary/aromatic N) is 12. The number of aliphatic imine (C=N–C) groups is 4. The van der Waals surface area contributed by atoms with Crippen molar-refractivity contribution >= 4 is 53.3 Å². The molecule has 1 aromatic rings. The van der Waals surface area contributed by atoms with Crippen molar-refractivity contribution in [1.82, 2.24) is 44.4 Å². The summed E-state index contributed by atoms with van der Waals surface area (Å²) in [6, 6.07) is 0.809. The van der Waals surface area contributed by atoms with E-state index in [9.17, 15) is 28.8 Å². The van der Waals surface area contributed by atoms with Crippen LogP contribution in [0.2, 0.25) is 0 Å². The molecule has 0 atom stereocenters. The number of urea groups is 3. The molecular weight excluding hydrogens is 1300 g/mol. The standard InChI is InChI=1S/C79H131N15O9/c95-71(92(68-49-19-10-20-50-68)74(84-63-39-13-7-14-40-63)101-61-83-62-37-25-26-38-62)80-55-31-1-4-34-58-89-77(98)90(59-35-5-2-32-56-81-72(96)93(69-51-21-11-22-52-69)75(85-64-41-15-8-16-42-64)102-87-66-45-27-28-46-66)79(100)91(78(89)99)60-36-6-3-33-57-82-73(97)94(70-53-23-12-24-54-70)76(86-65-43-17-9-18-44-65)103-88-67-47-29-30-48-67/h63-65,68-70H,1-61H2,(H,80,95)(H,81,96)(H,82,97). The summed E-state index contributed by atoms with van der Waals surface area (Å²) in [6.45, 7) is 2.01. The van der Waals surface area contributed by atoms with Crippen molar-refractivity contribution in [3.05, 3.63) is 31.5 Å². The summed E-state index contributed by atoms with van der Waals surface area (Å²) in [6.07, 6.45) is 51.9. The van der Waals surface area contributed by atoms with Crippen LogP contribution in [-0.2, 0) is 34.0 Å². The molecule has 0 bridgehead atoms. The SMILES string of the molecule is O=C(NCCCCCCn1c(=O)n(CCCCCCNC(=O)N(C(=NC2CCCCC2)ON=C2CCCC2)C2CCCCC2)c(=O)n(CCCCCCNC(=O)N(C(=NC2CCCCC2)ON=C2CCCC2)C2CCCCC2)c1=O)N(C(=NC1CCCCC1)OCN=C1CCCC1)C1CCCCC1. The first-order valence-electron chi connectivity index (χ1n) is 42.2. The predicted molar refractivity (Wildman–Crippen MR) is 410 cm³/mol. The lowest BCUT2D eigenvalue weighted by Crippen LogP contribution is -2.54. The lowest BCUT2D eigenvalue weighted by molar-refractivity contribution is 0.164. The van der Waals surface area contributed by atoms with Crippen LogP contribution in [0.15, 0.2) is 44.7 Å². The van der Waals surface area contributed by atoms with Gasteiger partial charge < -0.3 is 30.4 Å². The Morgan fingerprint density at radius 3 is 0.922 bits per heavy atom. The van der Waals surface area contributed by atoms with Crippen molar-refractivity contribution in [3.63, 3.8) is 0 Å². The van der Waals surface area contributed by atoms with Crippen LogP contribution in [0.1, 0.15) is 347 Å². The molecule has 9 fully saturated rings. The van der Waals surface area contributed by atoms with Gasteiger partial charge in [-0.15, -0.1) is 0 Å². The van der Waals surface area contributed by atoms with Gasteiger partial charge in [0.15, 0.2) is 6.73 Å². The second-order valence-electron chi connectivity index (χ2n) is 31.5. The number of oxime groups is 2. The number of nitrogens with one attached hydrogen (secondary N) is 3. The van der Waals surface area contributed by atoms with Gasteiger partial charge in [-0.2, -0.15) is 0 Å². The minimum Gasteiger partial charge on any atom is -0.442 e. The van der Waals surface area contributed by atoms with Crippen LogP contribution < -0.4 is 33.0 Å². The minimum atomic E-state index is -0.592. The number of hydrogen-bond donors (Lipinski definition) is 3. The molecule has 9 aliphatic rings. The summed E-state index contributed by atoms with van der Waals surface area (Å²) in [4.78, 5) is 124. The molecule has 10 rings (SSSR count). The third-order valence-corrected chi connectivity index (χ3v) is 23.4. The summed E-state index contributed by atoms with van der Waals surface area (Å²) in [5.41, 5.74) is 1.47. The highest BCUT2D eigenvalue weighted by Gasteiger charge is 2.36. The van der Waals surface area contributed by atoms with Crippen LogP contribution in [-0.4, -0.2) is 144 Å². The first-order valence-corrected chi connectivity index (χ1v) is 42.2. The second-order valence-corrected chi connectivity index (χ2v) is 31.5. The van der Waals surface area contributed by atoms with Crippen LogP contribution in [0.3, 0.4) is 0 Å². The molecule has 9 saturated carbocycles. The van der Waals surface area contributed by atoms with Crippen molar-refractivity contribution in [2.24, 2.45) is 30.3 Å². The Bertz CT molecular complexity index is 2970. The number of unbranched alkanes of at least 4 members (excludes halogenated alkanes) is 9. The number of rotatable bonds is 31. The van der Waals surface area contributed by atoms with Gasteiger partial charge in [-0.05, 0) is 193 Å². The number of carbonyl (C=O) groups excluding carboxylic acids is 3. The topological polar surface area (TPSA) is 265 Å². The fraction of sp³-hybridized carbons (Fsp3) is 0.848. The first-order chi connectivity index (χ1) is 50.7. The summed E-state index contributed by atoms with van der Waals surface area (Å²) in [7, 11) is 0. The van der Waals surface area contributed by atoms with Gasteiger partial charge in [-0.25, -0.2) is 72.1 Å². The van der Waals surface area contributed by atoms with E-state index in [4.69, 9.17) is 34.4 Å². The number of hydrogen-bond acceptors (Lipinski definition) is 15. The first kappa shape index (κ1) is 79.2. The molecule has 103 heavy (non-hydrogen) atoms. The zero-order valence-corrected chi connectivity index (χ0v) is 63.1. The molecule has 3 N–H and O–H groups in total. The van der Waals surface area contributed by atoms with Crippen molar-refractivity contribution < 1.29 is 28.8 Å². The van der Waals surface area contributed by atoms with Crippen LogP contribution in [0, 0.1) is 0 Å². The maximum atomic E-state index is 14.4. The molecule has 9 aliphatic carbocycles. The molecule has 1 aromatic heterocycles. The fourth-order valence-corrected chi connectivity index (χ4v) is 17.2. The predicted octanol–water partition coefficient (Wildman–Crippen LogP) is 15.8. The van der Waals surface area contributed by atoms with E-state index < -0.39 is 17.1 Å². The summed E-state index contributed by atoms with van der Waals surface area (Å²) < 4.78 is 10.2. The lowest BCUT2D eigenvalue weighted by atomic mass is 9.94. The Hall–Kier alpha value is -6.36. The van der Waals surface area contributed by atoms with Crippen molar-refractivity contribution in [2.75, 3.05) is 26.4 Å². The van der Waals surface area contributed by atoms with Crippen molar-refractivity contribution in [1.29, 1.82) is 0 Å². The van der Waals surface area contributed by atoms with E-state index in [2.05, 4.69) is 26.3 Å². The number of aromatic nitrogens is 3. The molecule has 0 radical (unpaired) electrons. The molecule has 6 amide bonds. The van der Waals surface area contributed by atoms with E-state index in [1.165, 1.54) is 38.7 Å². The van der Waals surface area contributed by atoms with Gasteiger partial charge in [0.05, 0.1) is 29.5 Å². The highest BCUT2D eigenvalue weighted by atomic mass is 16.7. The summed E-state index contributed by atoms with van der Waals surface area (Å²) in [5.74, 6) is 0. The Morgan fingerprint density at radius 2 is 0.602 bits per heavy atom. The molecule has 1 heterocycles. The maximum Gasteiger partial charge on any atom is 0.336 e. The molecular formula is C79H131N15O9. The fourth-order valence-electron chi connectivity index (χ4n) is 17.2. The van der Waals surface area contributed by atoms with Gasteiger partial charge in [-0.3, -0.25) is 4.99 Å². The van der Waals surface area contributed by atoms with Crippen LogP contribution in [0.4, 0.5) is 14.4 Å². The average Bonchev–Trinajstić information content (AvgIpc) is 1.44. The van der Waals surface area contributed by atoms with Gasteiger partial charge >= 0.3 is 47.2 Å². The van der Waals surface area contributed by atoms with Crippen LogP contribution >= 0.6 is 0 Å². The Balaban J connectivity index is 0.751. The Kier molecular flexibility index (Phi) is 34.3. The van der Waals surface area contributed by atoms with Crippen molar-refractivity contribution in [3.8, 4) is 0 Å². The highest BCUT2D eigenvalue weighted by Crippen LogP contribution is 2.31. The van der Waals surface area contributed by atoms with Gasteiger partial charge in [0.1, 0.15) is 0 Å². The van der Waals surface area contributed by atoms with Crippen molar-refractivity contribution in [2.45, 2.75) is 403 Å². The second kappa shape index (κ2) is 44.6. The minimum absolute atomic E-state index is 0.00558. The third kappa shape index (κ3) is 25.7. The van der Waals surface area contributed by atoms with E-state index in [0.29, 0.717) is 95.5 Å². The molecule has 0 saturated heterocycles. The van der Waals surface area contributed by atoms with Gasteiger partial charge in [0, 0.05) is 63.1 Å². The number of carbonyl (C=O) groups is 3. The van der Waals surface area contributed by atoms with Crippen LogP contribution in [0.25, 0.3) is 0 Å². The van der Waals surface area contributed by atoms with E-state index in [1.807, 2.05) is 4.90 Å². The molecule has 0 unspecified atom stereocenters. The largest absolute Gasteiger partial charge is 0.442 e. The van der Waals surface area contributed by atoms with Gasteiger partial charge in [-0.1, -0.05) is 164 Å². The normalized spacial score (nSPS) is 20.6. The quantitative estimate of drug-likeness (QED) is 0.0276. The molecule has 24 heteroatoms. The summed E-state index contributed by atoms with van der Waals surface area (Å²) in [5, 5.41) is 18.8. The molecule has 0 spiro atoms. The number of amides is 6. The molecule has 0 aromatic carbocycles. The monoisotopic (exact) mass is 1430 g/mol. The van der Waals surface area contributed by atoms with E-state index >= 15 is 0 Å². The Labute approximate surface area is 614 Å². The maximum absolute atomic E-state index is 14.4. The highest BCUT2D eigenvalue weighted by molar-refractivity contribution is 5.96. The van der Waals surface area contributed by atoms with E-state index in [0.717, 1.165) is 281 Å². The smallest absolute Gasteiger partial charge is 0.336 e. The number of ether oxygens (including phenoxy) is 1. The van der Waals surface area contributed by atoms with E-state index in [1.54, 1.807) is 9.80 Å². The molecule has 24 nitrogen and oxygen atoms in total. The average molecular weight is 1440 g/mol. The summed E-state index contributed by atoms with van der Waals surface area (Å²) >= 11 is 0. The number of amidine groups is 3. The lowest BCUT2D eigenvalue weighted by Gasteiger charge is -2.34. The zero-order chi connectivity index (χ0) is 71.5. The molecule has 0 aliphatic heterocycles. The van der Waals surface area contributed by atoms with Gasteiger partial charge in [0.25, 0.3) is 6.02 Å². The van der Waals surface area contributed by atoms with Crippen LogP contribution in [0.5, 0.6) is 0 Å². The van der Waals surface area contributed by atoms with E-state index in [-0.39, 0.29) is 80.7 Å². The van der Waals surface area contributed by atoms with Gasteiger partial charge in [0.2, 0.25) is 0 Å².